The van der Waals surface area contributed by atoms with Gasteiger partial charge in [-0.25, -0.2) is 0 Å². The Labute approximate surface area is 157 Å². The SMILES string of the molecule is COc1ccc(Cl)cc1N1CCN2c3ccccc3CC(C(=O)O)C2C1. The number of ether oxygens (including phenoxy) is 1. The number of halogens is 1. The number of benzene rings is 2. The van der Waals surface area contributed by atoms with E-state index in [1.54, 1.807) is 13.2 Å². The largest absolute Gasteiger partial charge is 0.495 e. The van der Waals surface area contributed by atoms with E-state index >= 15 is 0 Å². The lowest BCUT2D eigenvalue weighted by Gasteiger charge is -2.49. The molecule has 0 amide bonds. The van der Waals surface area contributed by atoms with Gasteiger partial charge in [0.05, 0.1) is 24.8 Å². The Balaban J connectivity index is 1.69. The molecule has 6 heteroatoms. The van der Waals surface area contributed by atoms with Gasteiger partial charge in [0.15, 0.2) is 0 Å². The first kappa shape index (κ1) is 17.0. The van der Waals surface area contributed by atoms with E-state index in [2.05, 4.69) is 15.9 Å². The Bertz CT molecular complexity index is 842. The maximum absolute atomic E-state index is 11.9. The number of carbonyl (C=O) groups is 1. The Morgan fingerprint density at radius 3 is 2.77 bits per heavy atom. The van der Waals surface area contributed by atoms with Crippen LogP contribution in [0.1, 0.15) is 5.56 Å². The second-order valence-electron chi connectivity index (χ2n) is 6.80. The number of carboxylic acids is 1. The molecule has 2 unspecified atom stereocenters. The standard InChI is InChI=1S/C20H21ClN2O3/c1-26-19-7-6-14(21)11-17(19)22-8-9-23-16-5-3-2-4-13(16)10-15(20(24)25)18(23)12-22/h2-7,11,15,18H,8-10,12H2,1H3,(H,24,25). The highest BCUT2D eigenvalue weighted by molar-refractivity contribution is 6.30. The lowest BCUT2D eigenvalue weighted by Crippen LogP contribution is -2.60. The van der Waals surface area contributed by atoms with Gasteiger partial charge in [-0.3, -0.25) is 4.79 Å². The van der Waals surface area contributed by atoms with E-state index in [0.717, 1.165) is 35.8 Å². The quantitative estimate of drug-likeness (QED) is 0.895. The number of methoxy groups -OCH3 is 1. The molecular weight excluding hydrogens is 352 g/mol. The number of rotatable bonds is 3. The molecule has 0 radical (unpaired) electrons. The van der Waals surface area contributed by atoms with Crippen LogP contribution in [0.3, 0.4) is 0 Å². The Morgan fingerprint density at radius 1 is 1.19 bits per heavy atom. The molecule has 2 aliphatic heterocycles. The maximum Gasteiger partial charge on any atom is 0.309 e. The Hall–Kier alpha value is -2.40. The van der Waals surface area contributed by atoms with Gasteiger partial charge in [-0.2, -0.15) is 0 Å². The molecule has 0 bridgehead atoms. The molecule has 0 spiro atoms. The summed E-state index contributed by atoms with van der Waals surface area (Å²) in [5.41, 5.74) is 3.19. The van der Waals surface area contributed by atoms with Gasteiger partial charge in [-0.15, -0.1) is 0 Å². The number of hydrogen-bond donors (Lipinski definition) is 1. The van der Waals surface area contributed by atoms with Gasteiger partial charge in [0.2, 0.25) is 0 Å². The fourth-order valence-corrected chi connectivity index (χ4v) is 4.34. The van der Waals surface area contributed by atoms with Crippen molar-refractivity contribution in [2.45, 2.75) is 12.5 Å². The van der Waals surface area contributed by atoms with Crippen LogP contribution < -0.4 is 14.5 Å². The zero-order valence-corrected chi connectivity index (χ0v) is 15.3. The van der Waals surface area contributed by atoms with Crippen LogP contribution in [0.25, 0.3) is 0 Å². The molecule has 5 nitrogen and oxygen atoms in total. The molecule has 136 valence electrons. The number of para-hydroxylation sites is 1. The summed E-state index contributed by atoms with van der Waals surface area (Å²) in [5, 5.41) is 10.5. The molecule has 2 aromatic rings. The smallest absolute Gasteiger partial charge is 0.309 e. The predicted octanol–water partition coefficient (Wildman–Crippen LogP) is 3.30. The van der Waals surface area contributed by atoms with Gasteiger partial charge in [-0.1, -0.05) is 29.8 Å². The molecule has 2 aromatic carbocycles. The summed E-state index contributed by atoms with van der Waals surface area (Å²) in [4.78, 5) is 16.4. The maximum atomic E-state index is 11.9. The van der Waals surface area contributed by atoms with Crippen LogP contribution in [0.5, 0.6) is 5.75 Å². The van der Waals surface area contributed by atoms with Crippen molar-refractivity contribution in [3.05, 3.63) is 53.1 Å². The molecule has 2 atom stereocenters. The fraction of sp³-hybridized carbons (Fsp3) is 0.350. The van der Waals surface area contributed by atoms with Crippen LogP contribution in [0.15, 0.2) is 42.5 Å². The number of nitrogens with zero attached hydrogens (tertiary/aromatic N) is 2. The van der Waals surface area contributed by atoms with Crippen LogP contribution in [-0.2, 0) is 11.2 Å². The summed E-state index contributed by atoms with van der Waals surface area (Å²) < 4.78 is 5.49. The van der Waals surface area contributed by atoms with E-state index in [-0.39, 0.29) is 6.04 Å². The van der Waals surface area contributed by atoms with Crippen molar-refractivity contribution < 1.29 is 14.6 Å². The topological polar surface area (TPSA) is 53.0 Å². The predicted molar refractivity (Wildman–Crippen MR) is 103 cm³/mol. The summed E-state index contributed by atoms with van der Waals surface area (Å²) in [6, 6.07) is 13.6. The molecule has 26 heavy (non-hydrogen) atoms. The van der Waals surface area contributed by atoms with E-state index in [4.69, 9.17) is 16.3 Å². The van der Waals surface area contributed by atoms with Crippen molar-refractivity contribution in [2.75, 3.05) is 36.5 Å². The molecule has 0 aliphatic carbocycles. The van der Waals surface area contributed by atoms with Crippen molar-refractivity contribution in [3.63, 3.8) is 0 Å². The molecule has 1 fully saturated rings. The van der Waals surface area contributed by atoms with E-state index in [1.807, 2.05) is 30.3 Å². The molecule has 1 saturated heterocycles. The summed E-state index contributed by atoms with van der Waals surface area (Å²) in [5.74, 6) is -0.418. The van der Waals surface area contributed by atoms with Crippen molar-refractivity contribution >= 4 is 28.9 Å². The average Bonchev–Trinajstić information content (AvgIpc) is 2.66. The van der Waals surface area contributed by atoms with E-state index in [9.17, 15) is 9.90 Å². The van der Waals surface area contributed by atoms with Crippen LogP contribution in [0.2, 0.25) is 5.02 Å². The first-order chi connectivity index (χ1) is 12.6. The zero-order chi connectivity index (χ0) is 18.3. The van der Waals surface area contributed by atoms with E-state index in [1.165, 1.54) is 0 Å². The number of hydrogen-bond acceptors (Lipinski definition) is 4. The monoisotopic (exact) mass is 372 g/mol. The highest BCUT2D eigenvalue weighted by atomic mass is 35.5. The Kier molecular flexibility index (Phi) is 4.41. The van der Waals surface area contributed by atoms with Gasteiger partial charge >= 0.3 is 5.97 Å². The van der Waals surface area contributed by atoms with E-state index in [0.29, 0.717) is 18.0 Å². The second kappa shape index (κ2) is 6.72. The minimum atomic E-state index is -0.741. The zero-order valence-electron chi connectivity index (χ0n) is 14.6. The number of aliphatic carboxylic acids is 1. The van der Waals surface area contributed by atoms with Gasteiger partial charge < -0.3 is 19.6 Å². The van der Waals surface area contributed by atoms with Crippen LogP contribution in [0.4, 0.5) is 11.4 Å². The van der Waals surface area contributed by atoms with Crippen LogP contribution in [0, 0.1) is 5.92 Å². The van der Waals surface area contributed by atoms with Crippen LogP contribution >= 0.6 is 11.6 Å². The highest BCUT2D eigenvalue weighted by Crippen LogP contribution is 2.39. The molecule has 4 rings (SSSR count). The number of carboxylic acid groups (broad SMARTS) is 1. The lowest BCUT2D eigenvalue weighted by molar-refractivity contribution is -0.142. The van der Waals surface area contributed by atoms with Crippen LogP contribution in [-0.4, -0.2) is 43.9 Å². The summed E-state index contributed by atoms with van der Waals surface area (Å²) in [6.07, 6.45) is 0.563. The van der Waals surface area contributed by atoms with Gasteiger partial charge in [-0.05, 0) is 36.2 Å². The number of piperazine rings is 1. The summed E-state index contributed by atoms with van der Waals surface area (Å²) in [6.45, 7) is 2.18. The third-order valence-corrected chi connectivity index (χ3v) is 5.66. The molecule has 1 N–H and O–H groups in total. The van der Waals surface area contributed by atoms with E-state index < -0.39 is 11.9 Å². The molecule has 0 aromatic heterocycles. The number of fused-ring (bicyclic) bond motifs is 3. The van der Waals surface area contributed by atoms with Crippen molar-refractivity contribution in [2.24, 2.45) is 5.92 Å². The first-order valence-corrected chi connectivity index (χ1v) is 9.12. The second-order valence-corrected chi connectivity index (χ2v) is 7.24. The molecule has 0 saturated carbocycles. The minimum absolute atomic E-state index is 0.0835. The number of anilines is 2. The van der Waals surface area contributed by atoms with Crippen molar-refractivity contribution in [1.82, 2.24) is 0 Å². The first-order valence-electron chi connectivity index (χ1n) is 8.74. The lowest BCUT2D eigenvalue weighted by atomic mass is 9.84. The molecule has 2 aliphatic rings. The molecule has 2 heterocycles. The Morgan fingerprint density at radius 2 is 2.00 bits per heavy atom. The normalized spacial score (nSPS) is 21.8. The summed E-state index contributed by atoms with van der Waals surface area (Å²) in [7, 11) is 1.64. The third-order valence-electron chi connectivity index (χ3n) is 5.42. The summed E-state index contributed by atoms with van der Waals surface area (Å²) >= 11 is 6.19. The van der Waals surface area contributed by atoms with Gasteiger partial charge in [0.1, 0.15) is 5.75 Å². The minimum Gasteiger partial charge on any atom is -0.495 e. The fourth-order valence-electron chi connectivity index (χ4n) is 4.17. The average molecular weight is 373 g/mol. The third kappa shape index (κ3) is 2.86. The van der Waals surface area contributed by atoms with Crippen molar-refractivity contribution in [3.8, 4) is 5.75 Å². The highest BCUT2D eigenvalue weighted by Gasteiger charge is 2.41. The van der Waals surface area contributed by atoms with Gasteiger partial charge in [0.25, 0.3) is 0 Å². The molecular formula is C20H21ClN2O3. The van der Waals surface area contributed by atoms with Gasteiger partial charge in [0, 0.05) is 30.3 Å². The van der Waals surface area contributed by atoms with Crippen molar-refractivity contribution in [1.29, 1.82) is 0 Å².